The average molecular weight is 433 g/mol. The number of rotatable bonds is 7. The summed E-state index contributed by atoms with van der Waals surface area (Å²) in [4.78, 5) is 37.1. The minimum atomic E-state index is -0.0314. The summed E-state index contributed by atoms with van der Waals surface area (Å²) in [5, 5.41) is 3.38. The van der Waals surface area contributed by atoms with E-state index in [2.05, 4.69) is 20.1 Å². The van der Waals surface area contributed by atoms with Crippen LogP contribution in [0.4, 0.5) is 0 Å². The Morgan fingerprint density at radius 3 is 2.45 bits per heavy atom. The molecule has 0 bridgehead atoms. The third kappa shape index (κ3) is 7.27. The Bertz CT molecular complexity index is 720. The van der Waals surface area contributed by atoms with Crippen molar-refractivity contribution in [3.05, 3.63) is 24.2 Å². The van der Waals surface area contributed by atoms with Gasteiger partial charge in [0, 0.05) is 66.3 Å². The number of carbonyl (C=O) groups is 2. The summed E-state index contributed by atoms with van der Waals surface area (Å²) >= 11 is 0. The fourth-order valence-electron chi connectivity index (χ4n) is 3.86. The standard InChI is InChI=1S/C22H36N6O3/c1-25(2)20(29)17-24-22(23-9-8-19-7-6-16-31-19)28-14-12-26(13-15-28)18-21(30)27-10-4-3-5-11-27/h6-7,16H,3-5,8-15,17-18H2,1-2H3,(H,23,24). The second-order valence-electron chi connectivity index (χ2n) is 8.39. The van der Waals surface area contributed by atoms with Crippen LogP contribution in [0.5, 0.6) is 0 Å². The highest BCUT2D eigenvalue weighted by Gasteiger charge is 2.24. The van der Waals surface area contributed by atoms with E-state index in [1.807, 2.05) is 17.0 Å². The summed E-state index contributed by atoms with van der Waals surface area (Å²) in [6, 6.07) is 3.83. The summed E-state index contributed by atoms with van der Waals surface area (Å²) in [5.74, 6) is 1.87. The monoisotopic (exact) mass is 432 g/mol. The highest BCUT2D eigenvalue weighted by atomic mass is 16.3. The number of hydrogen-bond acceptors (Lipinski definition) is 5. The van der Waals surface area contributed by atoms with E-state index in [4.69, 9.17) is 4.42 Å². The lowest BCUT2D eigenvalue weighted by molar-refractivity contribution is -0.133. The molecule has 172 valence electrons. The Hall–Kier alpha value is -2.55. The van der Waals surface area contributed by atoms with E-state index in [-0.39, 0.29) is 18.4 Å². The minimum absolute atomic E-state index is 0.0314. The molecule has 0 radical (unpaired) electrons. The van der Waals surface area contributed by atoms with Crippen LogP contribution in [0.3, 0.4) is 0 Å². The number of amides is 2. The van der Waals surface area contributed by atoms with Gasteiger partial charge in [0.1, 0.15) is 12.3 Å². The number of piperidine rings is 1. The molecular weight excluding hydrogens is 396 g/mol. The molecule has 0 aliphatic carbocycles. The van der Waals surface area contributed by atoms with Crippen molar-refractivity contribution in [2.24, 2.45) is 4.99 Å². The maximum absolute atomic E-state index is 12.6. The zero-order valence-corrected chi connectivity index (χ0v) is 18.9. The molecule has 3 heterocycles. The molecule has 0 saturated carbocycles. The van der Waals surface area contributed by atoms with Gasteiger partial charge in [0.15, 0.2) is 5.96 Å². The van der Waals surface area contributed by atoms with Crippen molar-refractivity contribution in [3.63, 3.8) is 0 Å². The van der Waals surface area contributed by atoms with Gasteiger partial charge in [-0.05, 0) is 31.4 Å². The van der Waals surface area contributed by atoms with Crippen molar-refractivity contribution in [2.75, 3.05) is 73.0 Å². The molecule has 2 aliphatic rings. The Balaban J connectivity index is 1.50. The van der Waals surface area contributed by atoms with Gasteiger partial charge >= 0.3 is 0 Å². The van der Waals surface area contributed by atoms with E-state index in [0.717, 1.165) is 70.3 Å². The zero-order valence-electron chi connectivity index (χ0n) is 18.9. The van der Waals surface area contributed by atoms with Gasteiger partial charge in [-0.15, -0.1) is 0 Å². The number of carbonyl (C=O) groups excluding carboxylic acids is 2. The molecule has 9 nitrogen and oxygen atoms in total. The van der Waals surface area contributed by atoms with Crippen LogP contribution in [0.15, 0.2) is 27.8 Å². The summed E-state index contributed by atoms with van der Waals surface area (Å²) in [5.41, 5.74) is 0. The molecule has 1 aromatic rings. The summed E-state index contributed by atoms with van der Waals surface area (Å²) in [7, 11) is 3.47. The molecule has 9 heteroatoms. The first-order valence-electron chi connectivity index (χ1n) is 11.3. The van der Waals surface area contributed by atoms with Gasteiger partial charge in [-0.25, -0.2) is 4.99 Å². The van der Waals surface area contributed by atoms with E-state index >= 15 is 0 Å². The first-order chi connectivity index (χ1) is 15.0. The van der Waals surface area contributed by atoms with E-state index in [1.54, 1.807) is 25.3 Å². The molecule has 1 N–H and O–H groups in total. The molecule has 2 fully saturated rings. The highest BCUT2D eigenvalue weighted by Crippen LogP contribution is 2.10. The van der Waals surface area contributed by atoms with Gasteiger partial charge in [0.2, 0.25) is 11.8 Å². The molecule has 0 unspecified atom stereocenters. The molecule has 2 aliphatic heterocycles. The van der Waals surface area contributed by atoms with Gasteiger partial charge in [-0.2, -0.15) is 0 Å². The molecule has 2 saturated heterocycles. The van der Waals surface area contributed by atoms with E-state index < -0.39 is 0 Å². The molecule has 31 heavy (non-hydrogen) atoms. The third-order valence-corrected chi connectivity index (χ3v) is 5.84. The molecule has 2 amide bonds. The first-order valence-corrected chi connectivity index (χ1v) is 11.3. The largest absolute Gasteiger partial charge is 0.469 e. The molecule has 0 spiro atoms. The minimum Gasteiger partial charge on any atom is -0.469 e. The second kappa shape index (κ2) is 11.7. The Kier molecular flexibility index (Phi) is 8.75. The SMILES string of the molecule is CN(C)C(=O)CN=C(NCCc1ccco1)N1CCN(CC(=O)N2CCCCC2)CC1. The maximum atomic E-state index is 12.6. The van der Waals surface area contributed by atoms with Gasteiger partial charge in [-0.1, -0.05) is 0 Å². The number of likely N-dealkylation sites (N-methyl/N-ethyl adjacent to an activating group) is 1. The van der Waals surface area contributed by atoms with Crippen LogP contribution in [-0.2, 0) is 16.0 Å². The van der Waals surface area contributed by atoms with Gasteiger partial charge in [0.25, 0.3) is 0 Å². The smallest absolute Gasteiger partial charge is 0.243 e. The Morgan fingerprint density at radius 2 is 1.81 bits per heavy atom. The predicted molar refractivity (Wildman–Crippen MR) is 120 cm³/mol. The van der Waals surface area contributed by atoms with Crippen molar-refractivity contribution in [1.82, 2.24) is 24.9 Å². The lowest BCUT2D eigenvalue weighted by Gasteiger charge is -2.37. The zero-order chi connectivity index (χ0) is 22.1. The van der Waals surface area contributed by atoms with Gasteiger partial charge < -0.3 is 24.4 Å². The number of likely N-dealkylation sites (tertiary alicyclic amines) is 1. The maximum Gasteiger partial charge on any atom is 0.243 e. The number of furan rings is 1. The summed E-state index contributed by atoms with van der Waals surface area (Å²) < 4.78 is 5.39. The summed E-state index contributed by atoms with van der Waals surface area (Å²) in [6.45, 7) is 6.24. The number of aliphatic imine (C=N–C) groups is 1. The topological polar surface area (TPSA) is 84.6 Å². The Labute approximate surface area is 185 Å². The highest BCUT2D eigenvalue weighted by molar-refractivity contribution is 5.85. The van der Waals surface area contributed by atoms with E-state index in [9.17, 15) is 9.59 Å². The van der Waals surface area contributed by atoms with Gasteiger partial charge in [0.05, 0.1) is 12.8 Å². The van der Waals surface area contributed by atoms with Crippen molar-refractivity contribution < 1.29 is 14.0 Å². The van der Waals surface area contributed by atoms with E-state index in [1.165, 1.54) is 6.42 Å². The molecule has 3 rings (SSSR count). The fourth-order valence-corrected chi connectivity index (χ4v) is 3.86. The third-order valence-electron chi connectivity index (χ3n) is 5.84. The molecular formula is C22H36N6O3. The molecule has 1 aromatic heterocycles. The van der Waals surface area contributed by atoms with Crippen LogP contribution >= 0.6 is 0 Å². The van der Waals surface area contributed by atoms with Crippen LogP contribution in [0.25, 0.3) is 0 Å². The number of hydrogen-bond donors (Lipinski definition) is 1. The van der Waals surface area contributed by atoms with Crippen molar-refractivity contribution in [3.8, 4) is 0 Å². The quantitative estimate of drug-likeness (QED) is 0.499. The van der Waals surface area contributed by atoms with Crippen LogP contribution in [0.1, 0.15) is 25.0 Å². The number of nitrogens with one attached hydrogen (secondary N) is 1. The number of nitrogens with zero attached hydrogens (tertiary/aromatic N) is 5. The van der Waals surface area contributed by atoms with Crippen LogP contribution in [0.2, 0.25) is 0 Å². The number of piperazine rings is 1. The van der Waals surface area contributed by atoms with Crippen LogP contribution in [-0.4, -0.2) is 110 Å². The first kappa shape index (κ1) is 23.1. The lowest BCUT2D eigenvalue weighted by Crippen LogP contribution is -2.54. The number of guanidine groups is 1. The average Bonchev–Trinajstić information content (AvgIpc) is 3.30. The lowest BCUT2D eigenvalue weighted by atomic mass is 10.1. The second-order valence-corrected chi connectivity index (χ2v) is 8.39. The molecule has 0 atom stereocenters. The van der Waals surface area contributed by atoms with Crippen molar-refractivity contribution >= 4 is 17.8 Å². The predicted octanol–water partition coefficient (Wildman–Crippen LogP) is 0.486. The normalized spacial score (nSPS) is 18.2. The van der Waals surface area contributed by atoms with Crippen LogP contribution in [0, 0.1) is 0 Å². The molecule has 0 aromatic carbocycles. The Morgan fingerprint density at radius 1 is 1.06 bits per heavy atom. The summed E-state index contributed by atoms with van der Waals surface area (Å²) in [6.07, 6.45) is 5.89. The van der Waals surface area contributed by atoms with E-state index in [0.29, 0.717) is 13.1 Å². The van der Waals surface area contributed by atoms with Crippen molar-refractivity contribution in [1.29, 1.82) is 0 Å². The fraction of sp³-hybridized carbons (Fsp3) is 0.682. The van der Waals surface area contributed by atoms with Crippen molar-refractivity contribution in [2.45, 2.75) is 25.7 Å². The van der Waals surface area contributed by atoms with Gasteiger partial charge in [-0.3, -0.25) is 14.5 Å². The van der Waals surface area contributed by atoms with Crippen LogP contribution < -0.4 is 5.32 Å².